The van der Waals surface area contributed by atoms with Crippen LogP contribution in [0.15, 0.2) is 0 Å². The molecule has 0 amide bonds. The Kier molecular flexibility index (Phi) is 20.7. The summed E-state index contributed by atoms with van der Waals surface area (Å²) in [5.41, 5.74) is 0. The molecule has 0 aromatic heterocycles. The van der Waals surface area contributed by atoms with Gasteiger partial charge < -0.3 is 30.6 Å². The molecule has 0 unspecified atom stereocenters. The van der Waals surface area contributed by atoms with E-state index in [9.17, 15) is 4.79 Å². The van der Waals surface area contributed by atoms with E-state index < -0.39 is 37.0 Å². The topological polar surface area (TPSA) is 138 Å². The molecule has 0 aromatic rings. The van der Waals surface area contributed by atoms with Gasteiger partial charge in [-0.1, -0.05) is 0 Å². The van der Waals surface area contributed by atoms with Crippen molar-refractivity contribution in [1.82, 2.24) is 0 Å². The Bertz CT molecular complexity index is 184. The van der Waals surface area contributed by atoms with E-state index in [-0.39, 0.29) is 63.7 Å². The molecule has 96 valence electrons. The van der Waals surface area contributed by atoms with Crippen molar-refractivity contribution in [1.29, 1.82) is 0 Å². The van der Waals surface area contributed by atoms with Crippen LogP contribution >= 0.6 is 0 Å². The monoisotopic (exact) mass is 332 g/mol. The summed E-state index contributed by atoms with van der Waals surface area (Å²) in [5, 5.41) is 51.8. The van der Waals surface area contributed by atoms with Crippen LogP contribution < -0.4 is 0 Å². The molecule has 0 fully saturated rings. The van der Waals surface area contributed by atoms with Gasteiger partial charge in [0.05, 0.1) is 6.61 Å². The summed E-state index contributed by atoms with van der Waals surface area (Å²) in [6.07, 6.45) is -7.84. The van der Waals surface area contributed by atoms with Crippen molar-refractivity contribution in [3.63, 3.8) is 0 Å². The number of hydrogen-bond acceptors (Lipinski definition) is 6. The summed E-state index contributed by atoms with van der Waals surface area (Å²) < 4.78 is 0. The van der Waals surface area contributed by atoms with E-state index in [1.54, 1.807) is 0 Å². The Morgan fingerprint density at radius 3 is 1.62 bits per heavy atom. The predicted molar refractivity (Wildman–Crippen MR) is 45.9 cm³/mol. The van der Waals surface area contributed by atoms with E-state index in [1.165, 1.54) is 0 Å². The van der Waals surface area contributed by atoms with Gasteiger partial charge in [0.15, 0.2) is 6.10 Å². The second-order valence-corrected chi connectivity index (χ2v) is 2.51. The van der Waals surface area contributed by atoms with Crippen molar-refractivity contribution >= 4 is 35.5 Å². The number of aliphatic hydroxyl groups is 5. The van der Waals surface area contributed by atoms with Gasteiger partial charge in [0.25, 0.3) is 0 Å². The summed E-state index contributed by atoms with van der Waals surface area (Å²) >= 11 is 0. The van der Waals surface area contributed by atoms with Crippen LogP contribution in [0.25, 0.3) is 0 Å². The van der Waals surface area contributed by atoms with Crippen molar-refractivity contribution in [3.8, 4) is 0 Å². The van der Waals surface area contributed by atoms with Crippen LogP contribution in [0.4, 0.5) is 0 Å². The molecule has 0 saturated heterocycles. The average molecular weight is 332 g/mol. The van der Waals surface area contributed by atoms with E-state index in [0.29, 0.717) is 0 Å². The minimum absolute atomic E-state index is 0. The molecule has 0 saturated carbocycles. The van der Waals surface area contributed by atoms with E-state index >= 15 is 0 Å². The maximum atomic E-state index is 10.1. The Hall–Kier alpha value is 1.31. The molecule has 6 N–H and O–H groups in total. The molecule has 0 heterocycles. The predicted octanol–water partition coefficient (Wildman–Crippen LogP) is -4.15. The third kappa shape index (κ3) is 8.41. The van der Waals surface area contributed by atoms with Crippen LogP contribution in [-0.2, 0) is 38.9 Å². The number of aliphatic hydroxyl groups excluding tert-OH is 5. The quantitative estimate of drug-likeness (QED) is 0.281. The summed E-state index contributed by atoms with van der Waals surface area (Å²) in [7, 11) is 0. The van der Waals surface area contributed by atoms with Gasteiger partial charge in [0, 0.05) is 34.1 Å². The first-order chi connectivity index (χ1) is 5.91. The van der Waals surface area contributed by atoms with Gasteiger partial charge >= 0.3 is 35.5 Å². The van der Waals surface area contributed by atoms with Gasteiger partial charge in [-0.25, -0.2) is 4.79 Å². The second kappa shape index (κ2) is 12.8. The van der Waals surface area contributed by atoms with Gasteiger partial charge in [-0.05, 0) is 0 Å². The SMILES string of the molecule is O=C(O)[C@H](O)[C@@H](O)[C@H](O)[C@H](O)CO.[Fe].[Fe].[NaH]. The summed E-state index contributed by atoms with van der Waals surface area (Å²) in [6.45, 7) is -0.843. The van der Waals surface area contributed by atoms with E-state index in [2.05, 4.69) is 0 Å². The van der Waals surface area contributed by atoms with Gasteiger partial charge in [-0.2, -0.15) is 0 Å². The molecule has 0 aromatic carbocycles. The standard InChI is InChI=1S/C6H12O7.2Fe.Na.H/c7-1-2(8)3(9)4(10)5(11)6(12)13;;;;/h2-5,7-11H,1H2,(H,12,13);;;;/t2-,3-,4+,5-;;;;/m1..../s1. The molecule has 4 atom stereocenters. The van der Waals surface area contributed by atoms with Gasteiger partial charge in [-0.15, -0.1) is 0 Å². The molecule has 16 heavy (non-hydrogen) atoms. The zero-order valence-corrected chi connectivity index (χ0v) is 9.52. The van der Waals surface area contributed by atoms with E-state index in [4.69, 9.17) is 30.6 Å². The Morgan fingerprint density at radius 2 is 1.38 bits per heavy atom. The Balaban J connectivity index is -0.000000240. The molecular weight excluding hydrogens is 319 g/mol. The van der Waals surface area contributed by atoms with Gasteiger partial charge in [0.2, 0.25) is 0 Å². The second-order valence-electron chi connectivity index (χ2n) is 2.51. The summed E-state index contributed by atoms with van der Waals surface area (Å²) in [5.74, 6) is -1.73. The molecule has 0 spiro atoms. The van der Waals surface area contributed by atoms with E-state index in [0.717, 1.165) is 0 Å². The molecular formula is C6H13Fe2NaO7. The van der Waals surface area contributed by atoms with Crippen molar-refractivity contribution in [2.75, 3.05) is 6.61 Å². The first kappa shape index (κ1) is 26.0. The summed E-state index contributed by atoms with van der Waals surface area (Å²) in [6, 6.07) is 0. The first-order valence-electron chi connectivity index (χ1n) is 3.47. The van der Waals surface area contributed by atoms with Gasteiger partial charge in [-0.3, -0.25) is 0 Å². The molecule has 0 aliphatic carbocycles. The normalized spacial score (nSPS) is 16.6. The van der Waals surface area contributed by atoms with Crippen LogP contribution in [0.1, 0.15) is 0 Å². The van der Waals surface area contributed by atoms with Crippen LogP contribution in [0.3, 0.4) is 0 Å². The van der Waals surface area contributed by atoms with Crippen molar-refractivity contribution in [2.45, 2.75) is 24.4 Å². The Morgan fingerprint density at radius 1 is 1.00 bits per heavy atom. The zero-order valence-electron chi connectivity index (χ0n) is 7.32. The third-order valence-electron chi connectivity index (χ3n) is 1.51. The molecule has 0 aliphatic rings. The fourth-order valence-corrected chi connectivity index (χ4v) is 0.668. The van der Waals surface area contributed by atoms with Crippen molar-refractivity contribution in [3.05, 3.63) is 0 Å². The molecule has 0 radical (unpaired) electrons. The fraction of sp³-hybridized carbons (Fsp3) is 0.833. The number of carboxylic acid groups (broad SMARTS) is 1. The Labute approximate surface area is 135 Å². The van der Waals surface area contributed by atoms with Gasteiger partial charge in [0.1, 0.15) is 18.3 Å². The number of carboxylic acids is 1. The fourth-order valence-electron chi connectivity index (χ4n) is 0.668. The van der Waals surface area contributed by atoms with Crippen LogP contribution in [0.5, 0.6) is 0 Å². The molecule has 7 nitrogen and oxygen atoms in total. The van der Waals surface area contributed by atoms with E-state index in [1.807, 2.05) is 0 Å². The van der Waals surface area contributed by atoms with Crippen LogP contribution in [0.2, 0.25) is 0 Å². The zero-order chi connectivity index (χ0) is 10.6. The number of carbonyl (C=O) groups is 1. The number of hydrogen-bond donors (Lipinski definition) is 6. The third-order valence-corrected chi connectivity index (χ3v) is 1.51. The van der Waals surface area contributed by atoms with Crippen LogP contribution in [-0.4, -0.2) is 97.2 Å². The molecule has 0 rings (SSSR count). The van der Waals surface area contributed by atoms with Crippen LogP contribution in [0, 0.1) is 0 Å². The van der Waals surface area contributed by atoms with Crippen molar-refractivity contribution in [2.24, 2.45) is 0 Å². The molecule has 0 aliphatic heterocycles. The summed E-state index contributed by atoms with van der Waals surface area (Å²) in [4.78, 5) is 10.1. The maximum absolute atomic E-state index is 10.1. The molecule has 10 heteroatoms. The number of aliphatic carboxylic acids is 1. The first-order valence-corrected chi connectivity index (χ1v) is 3.47. The average Bonchev–Trinajstić information content (AvgIpc) is 2.12. The number of rotatable bonds is 5. The van der Waals surface area contributed by atoms with Crippen molar-refractivity contribution < 1.29 is 69.6 Å². The minimum atomic E-state index is -2.20. The molecule has 0 bridgehead atoms.